The molecule has 5 nitrogen and oxygen atoms in total. The molecule has 0 spiro atoms. The van der Waals surface area contributed by atoms with Gasteiger partial charge in [-0.2, -0.15) is 0 Å². The SMILES string of the molecule is CC1(C(=O)NCCN2CCNCC2)CCCO1. The summed E-state index contributed by atoms with van der Waals surface area (Å²) < 4.78 is 5.51. The van der Waals surface area contributed by atoms with Gasteiger partial charge in [-0.05, 0) is 19.8 Å². The Bertz CT molecular complexity index is 258. The average molecular weight is 241 g/mol. The third kappa shape index (κ3) is 3.40. The van der Waals surface area contributed by atoms with Crippen LogP contribution in [-0.2, 0) is 9.53 Å². The van der Waals surface area contributed by atoms with Gasteiger partial charge in [0.1, 0.15) is 5.60 Å². The zero-order valence-electron chi connectivity index (χ0n) is 10.6. The zero-order valence-corrected chi connectivity index (χ0v) is 10.6. The van der Waals surface area contributed by atoms with Crippen molar-refractivity contribution in [1.82, 2.24) is 15.5 Å². The standard InChI is InChI=1S/C12H23N3O2/c1-12(3-2-10-17-12)11(16)14-6-9-15-7-4-13-5-8-15/h13H,2-10H2,1H3,(H,14,16). The highest BCUT2D eigenvalue weighted by Gasteiger charge is 2.37. The van der Waals surface area contributed by atoms with Crippen LogP contribution in [0.25, 0.3) is 0 Å². The van der Waals surface area contributed by atoms with E-state index in [1.54, 1.807) is 0 Å². The highest BCUT2D eigenvalue weighted by Crippen LogP contribution is 2.24. The number of carbonyl (C=O) groups excluding carboxylic acids is 1. The maximum absolute atomic E-state index is 11.9. The molecule has 2 saturated heterocycles. The molecule has 0 aliphatic carbocycles. The lowest BCUT2D eigenvalue weighted by molar-refractivity contribution is -0.139. The average Bonchev–Trinajstić information content (AvgIpc) is 2.79. The summed E-state index contributed by atoms with van der Waals surface area (Å²) in [5, 5.41) is 6.30. The van der Waals surface area contributed by atoms with Crippen molar-refractivity contribution in [2.24, 2.45) is 0 Å². The molecule has 0 aromatic rings. The molecule has 5 heteroatoms. The van der Waals surface area contributed by atoms with Crippen molar-refractivity contribution in [2.45, 2.75) is 25.4 Å². The predicted octanol–water partition coefficient (Wildman–Crippen LogP) is -0.423. The number of hydrogen-bond donors (Lipinski definition) is 2. The maximum Gasteiger partial charge on any atom is 0.252 e. The first-order valence-corrected chi connectivity index (χ1v) is 6.56. The summed E-state index contributed by atoms with van der Waals surface area (Å²) in [6, 6.07) is 0. The Kier molecular flexibility index (Phi) is 4.36. The fourth-order valence-electron chi connectivity index (χ4n) is 2.41. The van der Waals surface area contributed by atoms with E-state index in [9.17, 15) is 4.79 Å². The number of carbonyl (C=O) groups is 1. The van der Waals surface area contributed by atoms with Gasteiger partial charge in [0.2, 0.25) is 0 Å². The molecule has 1 amide bonds. The summed E-state index contributed by atoms with van der Waals surface area (Å²) in [7, 11) is 0. The second-order valence-corrected chi connectivity index (χ2v) is 5.03. The summed E-state index contributed by atoms with van der Waals surface area (Å²) in [5.41, 5.74) is -0.580. The van der Waals surface area contributed by atoms with Crippen LogP contribution in [0.15, 0.2) is 0 Å². The second-order valence-electron chi connectivity index (χ2n) is 5.03. The van der Waals surface area contributed by atoms with Crippen LogP contribution >= 0.6 is 0 Å². The number of nitrogens with zero attached hydrogens (tertiary/aromatic N) is 1. The fourth-order valence-corrected chi connectivity index (χ4v) is 2.41. The molecule has 2 aliphatic rings. The Hall–Kier alpha value is -0.650. The van der Waals surface area contributed by atoms with Crippen LogP contribution < -0.4 is 10.6 Å². The Labute approximate surface area is 103 Å². The third-order valence-electron chi connectivity index (χ3n) is 3.62. The lowest BCUT2D eigenvalue weighted by Gasteiger charge is -2.28. The first-order valence-electron chi connectivity index (χ1n) is 6.56. The molecule has 2 rings (SSSR count). The minimum Gasteiger partial charge on any atom is -0.365 e. The van der Waals surface area contributed by atoms with Crippen LogP contribution in [0.2, 0.25) is 0 Å². The smallest absolute Gasteiger partial charge is 0.252 e. The van der Waals surface area contributed by atoms with Gasteiger partial charge in [0, 0.05) is 45.9 Å². The fraction of sp³-hybridized carbons (Fsp3) is 0.917. The van der Waals surface area contributed by atoms with Gasteiger partial charge in [0.05, 0.1) is 0 Å². The molecule has 2 aliphatic heterocycles. The van der Waals surface area contributed by atoms with Crippen molar-refractivity contribution in [2.75, 3.05) is 45.9 Å². The summed E-state index contributed by atoms with van der Waals surface area (Å²) >= 11 is 0. The predicted molar refractivity (Wildman–Crippen MR) is 65.9 cm³/mol. The van der Waals surface area contributed by atoms with E-state index in [4.69, 9.17) is 4.74 Å². The van der Waals surface area contributed by atoms with E-state index in [1.165, 1.54) is 0 Å². The molecule has 0 aromatic heterocycles. The molecule has 17 heavy (non-hydrogen) atoms. The number of nitrogens with one attached hydrogen (secondary N) is 2. The summed E-state index contributed by atoms with van der Waals surface area (Å²) in [6.07, 6.45) is 1.83. The second kappa shape index (κ2) is 5.80. The highest BCUT2D eigenvalue weighted by molar-refractivity contribution is 5.84. The van der Waals surface area contributed by atoms with Crippen LogP contribution in [0.4, 0.5) is 0 Å². The van der Waals surface area contributed by atoms with E-state index in [2.05, 4.69) is 15.5 Å². The lowest BCUT2D eigenvalue weighted by atomic mass is 10.0. The number of hydrogen-bond acceptors (Lipinski definition) is 4. The van der Waals surface area contributed by atoms with Crippen molar-refractivity contribution in [3.05, 3.63) is 0 Å². The van der Waals surface area contributed by atoms with Crippen LogP contribution in [0, 0.1) is 0 Å². The molecule has 1 atom stereocenters. The van der Waals surface area contributed by atoms with Crippen LogP contribution in [0.3, 0.4) is 0 Å². The van der Waals surface area contributed by atoms with Crippen molar-refractivity contribution in [3.8, 4) is 0 Å². The van der Waals surface area contributed by atoms with E-state index in [0.717, 1.165) is 52.1 Å². The first kappa shape index (κ1) is 12.8. The molecular formula is C12H23N3O2. The Morgan fingerprint density at radius 2 is 2.24 bits per heavy atom. The van der Waals surface area contributed by atoms with E-state index in [1.807, 2.05) is 6.92 Å². The molecule has 2 N–H and O–H groups in total. The first-order chi connectivity index (χ1) is 8.21. The van der Waals surface area contributed by atoms with E-state index in [-0.39, 0.29) is 5.91 Å². The Morgan fingerprint density at radius 3 is 2.88 bits per heavy atom. The monoisotopic (exact) mass is 241 g/mol. The lowest BCUT2D eigenvalue weighted by Crippen LogP contribution is -2.49. The largest absolute Gasteiger partial charge is 0.365 e. The van der Waals surface area contributed by atoms with Gasteiger partial charge in [-0.15, -0.1) is 0 Å². The van der Waals surface area contributed by atoms with Crippen molar-refractivity contribution < 1.29 is 9.53 Å². The molecule has 0 radical (unpaired) electrons. The molecule has 2 fully saturated rings. The van der Waals surface area contributed by atoms with Crippen molar-refractivity contribution >= 4 is 5.91 Å². The van der Waals surface area contributed by atoms with Gasteiger partial charge in [0.25, 0.3) is 5.91 Å². The quantitative estimate of drug-likeness (QED) is 0.702. The highest BCUT2D eigenvalue weighted by atomic mass is 16.5. The third-order valence-corrected chi connectivity index (χ3v) is 3.62. The molecule has 2 heterocycles. The number of piperazine rings is 1. The van der Waals surface area contributed by atoms with Gasteiger partial charge >= 0.3 is 0 Å². The van der Waals surface area contributed by atoms with E-state index < -0.39 is 5.60 Å². The Morgan fingerprint density at radius 1 is 1.47 bits per heavy atom. The van der Waals surface area contributed by atoms with Gasteiger partial charge < -0.3 is 15.4 Å². The molecule has 98 valence electrons. The minimum atomic E-state index is -0.580. The van der Waals surface area contributed by atoms with Gasteiger partial charge in [-0.3, -0.25) is 9.69 Å². The van der Waals surface area contributed by atoms with Crippen LogP contribution in [-0.4, -0.2) is 62.3 Å². The van der Waals surface area contributed by atoms with Crippen molar-refractivity contribution in [3.63, 3.8) is 0 Å². The summed E-state index contributed by atoms with van der Waals surface area (Å²) in [6.45, 7) is 8.50. The molecule has 1 unspecified atom stereocenters. The van der Waals surface area contributed by atoms with E-state index >= 15 is 0 Å². The normalized spacial score (nSPS) is 30.4. The minimum absolute atomic E-state index is 0.0464. The van der Waals surface area contributed by atoms with Gasteiger partial charge in [-0.1, -0.05) is 0 Å². The number of ether oxygens (including phenoxy) is 1. The maximum atomic E-state index is 11.9. The van der Waals surface area contributed by atoms with Crippen LogP contribution in [0.1, 0.15) is 19.8 Å². The van der Waals surface area contributed by atoms with Crippen LogP contribution in [0.5, 0.6) is 0 Å². The molecule has 0 aromatic carbocycles. The molecular weight excluding hydrogens is 218 g/mol. The molecule has 0 saturated carbocycles. The number of rotatable bonds is 4. The summed E-state index contributed by atoms with van der Waals surface area (Å²) in [5.74, 6) is 0.0464. The van der Waals surface area contributed by atoms with Gasteiger partial charge in [-0.25, -0.2) is 0 Å². The van der Waals surface area contributed by atoms with E-state index in [0.29, 0.717) is 6.61 Å². The summed E-state index contributed by atoms with van der Waals surface area (Å²) in [4.78, 5) is 14.3. The van der Waals surface area contributed by atoms with Gasteiger partial charge in [0.15, 0.2) is 0 Å². The zero-order chi connectivity index (χ0) is 12.1. The van der Waals surface area contributed by atoms with Crippen molar-refractivity contribution in [1.29, 1.82) is 0 Å². The topological polar surface area (TPSA) is 53.6 Å². The number of amides is 1. The molecule has 0 bridgehead atoms. The Balaban J connectivity index is 1.65.